The summed E-state index contributed by atoms with van der Waals surface area (Å²) in [5, 5.41) is 2.62. The minimum absolute atomic E-state index is 0.305. The molecule has 0 aliphatic carbocycles. The zero-order chi connectivity index (χ0) is 15.8. The molecule has 0 aromatic heterocycles. The Morgan fingerprint density at radius 3 is 2.33 bits per heavy atom. The molecule has 114 valence electrons. The van der Waals surface area contributed by atoms with E-state index >= 15 is 0 Å². The predicted octanol–water partition coefficient (Wildman–Crippen LogP) is 2.89. The SMILES string of the molecule is CCC(NC(=O)/C=C/c1ccc(C(C)C)cc1)C(=O)OC. The van der Waals surface area contributed by atoms with Gasteiger partial charge in [-0.1, -0.05) is 45.0 Å². The summed E-state index contributed by atoms with van der Waals surface area (Å²) in [6, 6.07) is 7.43. The van der Waals surface area contributed by atoms with Gasteiger partial charge in [-0.2, -0.15) is 0 Å². The van der Waals surface area contributed by atoms with E-state index in [1.807, 2.05) is 31.2 Å². The molecule has 4 heteroatoms. The van der Waals surface area contributed by atoms with Crippen molar-refractivity contribution < 1.29 is 14.3 Å². The molecule has 0 heterocycles. The highest BCUT2D eigenvalue weighted by molar-refractivity contribution is 5.94. The number of rotatable bonds is 6. The zero-order valence-electron chi connectivity index (χ0n) is 13.1. The fourth-order valence-electron chi connectivity index (χ4n) is 1.85. The highest BCUT2D eigenvalue weighted by Crippen LogP contribution is 2.15. The Labute approximate surface area is 126 Å². The molecular weight excluding hydrogens is 266 g/mol. The Kier molecular flexibility index (Phi) is 6.66. The van der Waals surface area contributed by atoms with Crippen molar-refractivity contribution in [1.82, 2.24) is 5.32 Å². The topological polar surface area (TPSA) is 55.4 Å². The first-order valence-corrected chi connectivity index (χ1v) is 7.14. The maximum absolute atomic E-state index is 11.8. The van der Waals surface area contributed by atoms with Crippen LogP contribution in [0.5, 0.6) is 0 Å². The van der Waals surface area contributed by atoms with E-state index in [1.165, 1.54) is 18.7 Å². The Morgan fingerprint density at radius 2 is 1.86 bits per heavy atom. The Morgan fingerprint density at radius 1 is 1.24 bits per heavy atom. The van der Waals surface area contributed by atoms with Crippen molar-refractivity contribution in [2.75, 3.05) is 7.11 Å². The molecule has 0 spiro atoms. The highest BCUT2D eigenvalue weighted by Gasteiger charge is 2.17. The minimum atomic E-state index is -0.601. The number of carbonyl (C=O) groups is 2. The second-order valence-electron chi connectivity index (χ2n) is 5.15. The number of hydrogen-bond donors (Lipinski definition) is 1. The van der Waals surface area contributed by atoms with Crippen molar-refractivity contribution >= 4 is 18.0 Å². The summed E-state index contributed by atoms with van der Waals surface area (Å²) in [5.74, 6) is -0.252. The van der Waals surface area contributed by atoms with Crippen molar-refractivity contribution in [3.63, 3.8) is 0 Å². The summed E-state index contributed by atoms with van der Waals surface area (Å²) >= 11 is 0. The molecule has 1 N–H and O–H groups in total. The van der Waals surface area contributed by atoms with Gasteiger partial charge in [0.05, 0.1) is 7.11 Å². The molecule has 1 rings (SSSR count). The molecule has 0 fully saturated rings. The number of ether oxygens (including phenoxy) is 1. The molecule has 0 bridgehead atoms. The van der Waals surface area contributed by atoms with E-state index in [1.54, 1.807) is 6.08 Å². The maximum atomic E-state index is 11.8. The standard InChI is InChI=1S/C17H23NO3/c1-5-15(17(20)21-4)18-16(19)11-8-13-6-9-14(10-7-13)12(2)3/h6-12,15H,5H2,1-4H3,(H,18,19)/b11-8+. The first-order valence-electron chi connectivity index (χ1n) is 7.14. The molecule has 1 atom stereocenters. The lowest BCUT2D eigenvalue weighted by molar-refractivity contribution is -0.144. The first-order chi connectivity index (χ1) is 9.97. The van der Waals surface area contributed by atoms with Gasteiger partial charge in [0.25, 0.3) is 0 Å². The van der Waals surface area contributed by atoms with Crippen LogP contribution in [0.1, 0.15) is 44.2 Å². The smallest absolute Gasteiger partial charge is 0.328 e. The van der Waals surface area contributed by atoms with Crippen molar-refractivity contribution in [3.05, 3.63) is 41.5 Å². The van der Waals surface area contributed by atoms with Crippen LogP contribution in [0.25, 0.3) is 6.08 Å². The third-order valence-corrected chi connectivity index (χ3v) is 3.24. The third kappa shape index (κ3) is 5.42. The molecule has 0 aliphatic rings. The Hall–Kier alpha value is -2.10. The van der Waals surface area contributed by atoms with E-state index in [4.69, 9.17) is 0 Å². The Balaban J connectivity index is 2.63. The average Bonchev–Trinajstić information content (AvgIpc) is 2.50. The van der Waals surface area contributed by atoms with Crippen LogP contribution >= 0.6 is 0 Å². The van der Waals surface area contributed by atoms with Gasteiger partial charge < -0.3 is 10.1 Å². The lowest BCUT2D eigenvalue weighted by Crippen LogP contribution is -2.40. The number of methoxy groups -OCH3 is 1. The van der Waals surface area contributed by atoms with E-state index in [-0.39, 0.29) is 5.91 Å². The fraction of sp³-hybridized carbons (Fsp3) is 0.412. The van der Waals surface area contributed by atoms with Gasteiger partial charge in [-0.3, -0.25) is 4.79 Å². The van der Waals surface area contributed by atoms with Gasteiger partial charge in [0.1, 0.15) is 6.04 Å². The van der Waals surface area contributed by atoms with Crippen molar-refractivity contribution in [3.8, 4) is 0 Å². The monoisotopic (exact) mass is 289 g/mol. The quantitative estimate of drug-likeness (QED) is 0.647. The van der Waals surface area contributed by atoms with Gasteiger partial charge in [-0.25, -0.2) is 4.79 Å². The van der Waals surface area contributed by atoms with E-state index in [2.05, 4.69) is 23.9 Å². The molecule has 21 heavy (non-hydrogen) atoms. The summed E-state index contributed by atoms with van der Waals surface area (Å²) in [6.07, 6.45) is 3.65. The molecule has 0 aliphatic heterocycles. The van der Waals surface area contributed by atoms with E-state index in [9.17, 15) is 9.59 Å². The molecule has 0 saturated heterocycles. The number of carbonyl (C=O) groups excluding carboxylic acids is 2. The van der Waals surface area contributed by atoms with Crippen LogP contribution in [0.15, 0.2) is 30.3 Å². The van der Waals surface area contributed by atoms with Gasteiger partial charge in [-0.15, -0.1) is 0 Å². The second-order valence-corrected chi connectivity index (χ2v) is 5.15. The largest absolute Gasteiger partial charge is 0.467 e. The van der Waals surface area contributed by atoms with Crippen LogP contribution in [0, 0.1) is 0 Å². The molecule has 1 amide bonds. The molecule has 0 radical (unpaired) electrons. The van der Waals surface area contributed by atoms with Gasteiger partial charge in [0, 0.05) is 6.08 Å². The Bertz CT molecular complexity index is 503. The number of hydrogen-bond acceptors (Lipinski definition) is 3. The molecular formula is C17H23NO3. The lowest BCUT2D eigenvalue weighted by Gasteiger charge is -2.12. The van der Waals surface area contributed by atoms with Crippen LogP contribution in [0.2, 0.25) is 0 Å². The molecule has 1 aromatic rings. The van der Waals surface area contributed by atoms with Crippen LogP contribution in [-0.4, -0.2) is 25.0 Å². The van der Waals surface area contributed by atoms with Crippen LogP contribution in [0.3, 0.4) is 0 Å². The second kappa shape index (κ2) is 8.25. The average molecular weight is 289 g/mol. The number of benzene rings is 1. The van der Waals surface area contributed by atoms with Crippen LogP contribution < -0.4 is 5.32 Å². The number of nitrogens with one attached hydrogen (secondary N) is 1. The third-order valence-electron chi connectivity index (χ3n) is 3.24. The van der Waals surface area contributed by atoms with Crippen molar-refractivity contribution in [2.45, 2.75) is 39.2 Å². The van der Waals surface area contributed by atoms with Gasteiger partial charge in [0.15, 0.2) is 0 Å². The van der Waals surface area contributed by atoms with Gasteiger partial charge in [0.2, 0.25) is 5.91 Å². The summed E-state index contributed by atoms with van der Waals surface area (Å²) in [4.78, 5) is 23.2. The van der Waals surface area contributed by atoms with Crippen molar-refractivity contribution in [2.24, 2.45) is 0 Å². The molecule has 4 nitrogen and oxygen atoms in total. The maximum Gasteiger partial charge on any atom is 0.328 e. The number of esters is 1. The van der Waals surface area contributed by atoms with Gasteiger partial charge >= 0.3 is 5.97 Å². The highest BCUT2D eigenvalue weighted by atomic mass is 16.5. The normalized spacial score (nSPS) is 12.4. The van der Waals surface area contributed by atoms with E-state index in [0.717, 1.165) is 5.56 Å². The first kappa shape index (κ1) is 17.0. The molecule has 0 saturated carbocycles. The van der Waals surface area contributed by atoms with Crippen LogP contribution in [0.4, 0.5) is 0 Å². The predicted molar refractivity (Wildman–Crippen MR) is 83.8 cm³/mol. The van der Waals surface area contributed by atoms with Crippen molar-refractivity contribution in [1.29, 1.82) is 0 Å². The van der Waals surface area contributed by atoms with E-state index in [0.29, 0.717) is 12.3 Å². The summed E-state index contributed by atoms with van der Waals surface area (Å²) in [7, 11) is 1.31. The minimum Gasteiger partial charge on any atom is -0.467 e. The summed E-state index contributed by atoms with van der Waals surface area (Å²) < 4.78 is 4.62. The zero-order valence-corrected chi connectivity index (χ0v) is 13.1. The lowest BCUT2D eigenvalue weighted by atomic mass is 10.0. The number of amides is 1. The molecule has 1 unspecified atom stereocenters. The summed E-state index contributed by atoms with van der Waals surface area (Å²) in [6.45, 7) is 6.09. The summed E-state index contributed by atoms with van der Waals surface area (Å²) in [5.41, 5.74) is 2.20. The van der Waals surface area contributed by atoms with Crippen LogP contribution in [-0.2, 0) is 14.3 Å². The van der Waals surface area contributed by atoms with Gasteiger partial charge in [-0.05, 0) is 29.5 Å². The fourth-order valence-corrected chi connectivity index (χ4v) is 1.85. The molecule has 1 aromatic carbocycles. The van der Waals surface area contributed by atoms with E-state index < -0.39 is 12.0 Å².